The lowest BCUT2D eigenvalue weighted by Crippen LogP contribution is -2.23. The second kappa shape index (κ2) is 5.34. The normalized spacial score (nSPS) is 10.0. The lowest BCUT2D eigenvalue weighted by atomic mass is 10.3. The Balaban J connectivity index is 2.64. The van der Waals surface area contributed by atoms with Gasteiger partial charge in [0.1, 0.15) is 0 Å². The molecule has 0 radical (unpaired) electrons. The van der Waals surface area contributed by atoms with Gasteiger partial charge in [-0.15, -0.1) is 0 Å². The Labute approximate surface area is 109 Å². The molecule has 0 bridgehead atoms. The number of rotatable bonds is 3. The first-order valence-electron chi connectivity index (χ1n) is 5.49. The van der Waals surface area contributed by atoms with Gasteiger partial charge in [0.05, 0.1) is 26.1 Å². The van der Waals surface area contributed by atoms with Gasteiger partial charge in [-0.3, -0.25) is 4.79 Å². The summed E-state index contributed by atoms with van der Waals surface area (Å²) >= 11 is 0. The number of carbonyl (C=O) groups excluding carboxylic acids is 1. The first-order valence-corrected chi connectivity index (χ1v) is 5.49. The monoisotopic (exact) mass is 260 g/mol. The molecule has 19 heavy (non-hydrogen) atoms. The molecule has 1 heterocycles. The molecule has 6 nitrogen and oxygen atoms in total. The van der Waals surface area contributed by atoms with E-state index in [1.165, 1.54) is 25.1 Å². The Bertz CT molecular complexity index is 649. The van der Waals surface area contributed by atoms with E-state index in [4.69, 9.17) is 4.74 Å². The van der Waals surface area contributed by atoms with Gasteiger partial charge in [0.25, 0.3) is 5.43 Å². The average Bonchev–Trinajstić information content (AvgIpc) is 2.47. The van der Waals surface area contributed by atoms with Crippen molar-refractivity contribution in [3.63, 3.8) is 0 Å². The van der Waals surface area contributed by atoms with Crippen LogP contribution >= 0.6 is 0 Å². The maximum absolute atomic E-state index is 11.9. The van der Waals surface area contributed by atoms with Gasteiger partial charge in [0.15, 0.2) is 5.75 Å². The van der Waals surface area contributed by atoms with E-state index in [-0.39, 0.29) is 11.4 Å². The van der Waals surface area contributed by atoms with Crippen LogP contribution in [0.1, 0.15) is 10.5 Å². The summed E-state index contributed by atoms with van der Waals surface area (Å²) in [4.78, 5) is 23.4. The number of hydrogen-bond donors (Lipinski definition) is 0. The van der Waals surface area contributed by atoms with Crippen LogP contribution in [0.2, 0.25) is 0 Å². The summed E-state index contributed by atoms with van der Waals surface area (Å²) in [6.07, 6.45) is 1.42. The number of benzene rings is 1. The highest BCUT2D eigenvalue weighted by Gasteiger charge is 2.18. The van der Waals surface area contributed by atoms with Crippen molar-refractivity contribution in [2.45, 2.75) is 0 Å². The molecule has 0 fully saturated rings. The van der Waals surface area contributed by atoms with E-state index >= 15 is 0 Å². The minimum Gasteiger partial charge on any atom is -0.491 e. The summed E-state index contributed by atoms with van der Waals surface area (Å²) < 4.78 is 10.9. The van der Waals surface area contributed by atoms with Gasteiger partial charge >= 0.3 is 5.97 Å². The second-order valence-electron chi connectivity index (χ2n) is 3.65. The molecule has 0 saturated heterocycles. The third-order valence-corrected chi connectivity index (χ3v) is 2.51. The van der Waals surface area contributed by atoms with Crippen LogP contribution in [0.3, 0.4) is 0 Å². The van der Waals surface area contributed by atoms with E-state index in [1.807, 2.05) is 18.2 Å². The highest BCUT2D eigenvalue weighted by atomic mass is 16.5. The quantitative estimate of drug-likeness (QED) is 0.771. The van der Waals surface area contributed by atoms with Crippen molar-refractivity contribution in [1.82, 2.24) is 9.78 Å². The smallest absolute Gasteiger partial charge is 0.362 e. The fourth-order valence-corrected chi connectivity index (χ4v) is 1.56. The number of esters is 1. The number of para-hydroxylation sites is 1. The van der Waals surface area contributed by atoms with Gasteiger partial charge in [-0.25, -0.2) is 9.48 Å². The van der Waals surface area contributed by atoms with Crippen LogP contribution < -0.4 is 10.2 Å². The van der Waals surface area contributed by atoms with Crippen molar-refractivity contribution < 1.29 is 14.3 Å². The molecule has 0 aliphatic rings. The minimum absolute atomic E-state index is 0.0271. The summed E-state index contributed by atoms with van der Waals surface area (Å²) in [5.41, 5.74) is -0.210. The van der Waals surface area contributed by atoms with Crippen molar-refractivity contribution >= 4 is 5.97 Å². The summed E-state index contributed by atoms with van der Waals surface area (Å²) in [5.74, 6) is -0.771. The Kier molecular flexibility index (Phi) is 3.61. The molecule has 0 aliphatic heterocycles. The third-order valence-electron chi connectivity index (χ3n) is 2.51. The van der Waals surface area contributed by atoms with E-state index in [0.717, 1.165) is 0 Å². The number of hydrogen-bond acceptors (Lipinski definition) is 5. The summed E-state index contributed by atoms with van der Waals surface area (Å²) in [6, 6.07) is 9.07. The molecule has 2 rings (SSSR count). The molecule has 0 spiro atoms. The van der Waals surface area contributed by atoms with Crippen LogP contribution in [0, 0.1) is 0 Å². The van der Waals surface area contributed by atoms with E-state index < -0.39 is 11.4 Å². The summed E-state index contributed by atoms with van der Waals surface area (Å²) in [7, 11) is 2.54. The molecule has 0 unspecified atom stereocenters. The van der Waals surface area contributed by atoms with Gasteiger partial charge in [-0.05, 0) is 12.1 Å². The van der Waals surface area contributed by atoms with Crippen molar-refractivity contribution in [1.29, 1.82) is 0 Å². The standard InChI is InChI=1S/C13H12N2O4/c1-18-10-8-15(9-6-4-3-5-7-9)14-11(12(10)16)13(17)19-2/h3-8H,1-2H3. The fraction of sp³-hybridized carbons (Fsp3) is 0.154. The maximum atomic E-state index is 11.9. The zero-order valence-corrected chi connectivity index (χ0v) is 10.5. The lowest BCUT2D eigenvalue weighted by Gasteiger charge is -2.09. The van der Waals surface area contributed by atoms with Gasteiger partial charge < -0.3 is 9.47 Å². The highest BCUT2D eigenvalue weighted by Crippen LogP contribution is 2.10. The fourth-order valence-electron chi connectivity index (χ4n) is 1.56. The van der Waals surface area contributed by atoms with Crippen LogP contribution in [-0.4, -0.2) is 30.0 Å². The van der Waals surface area contributed by atoms with E-state index in [9.17, 15) is 9.59 Å². The number of nitrogens with zero attached hydrogens (tertiary/aromatic N) is 2. The van der Waals surface area contributed by atoms with Crippen molar-refractivity contribution in [2.75, 3.05) is 14.2 Å². The molecule has 1 aromatic carbocycles. The van der Waals surface area contributed by atoms with Crippen molar-refractivity contribution in [3.8, 4) is 11.4 Å². The van der Waals surface area contributed by atoms with E-state index in [1.54, 1.807) is 12.1 Å². The molecule has 0 saturated carbocycles. The van der Waals surface area contributed by atoms with Crippen LogP contribution in [0.5, 0.6) is 5.75 Å². The number of aromatic nitrogens is 2. The van der Waals surface area contributed by atoms with Gasteiger partial charge in [0, 0.05) is 0 Å². The maximum Gasteiger partial charge on any atom is 0.362 e. The first kappa shape index (κ1) is 12.8. The Hall–Kier alpha value is -2.63. The number of carbonyl (C=O) groups is 1. The van der Waals surface area contributed by atoms with Gasteiger partial charge in [-0.1, -0.05) is 18.2 Å². The van der Waals surface area contributed by atoms with Crippen LogP contribution in [0.25, 0.3) is 5.69 Å². The Morgan fingerprint density at radius 1 is 1.21 bits per heavy atom. The van der Waals surface area contributed by atoms with E-state index in [0.29, 0.717) is 5.69 Å². The molecule has 0 N–H and O–H groups in total. The van der Waals surface area contributed by atoms with Crippen molar-refractivity contribution in [3.05, 3.63) is 52.4 Å². The SMILES string of the molecule is COC(=O)c1nn(-c2ccccc2)cc(OC)c1=O. The molecule has 6 heteroatoms. The molecule has 0 aliphatic carbocycles. The van der Waals surface area contributed by atoms with Crippen LogP contribution in [0.15, 0.2) is 41.3 Å². The first-order chi connectivity index (χ1) is 9.17. The number of methoxy groups -OCH3 is 2. The lowest BCUT2D eigenvalue weighted by molar-refractivity contribution is 0.0589. The topological polar surface area (TPSA) is 70.4 Å². The molecule has 2 aromatic rings. The molecular weight excluding hydrogens is 248 g/mol. The Morgan fingerprint density at radius 3 is 2.47 bits per heavy atom. The molecular formula is C13H12N2O4. The van der Waals surface area contributed by atoms with E-state index in [2.05, 4.69) is 9.84 Å². The van der Waals surface area contributed by atoms with Gasteiger partial charge in [-0.2, -0.15) is 5.10 Å². The summed E-state index contributed by atoms with van der Waals surface area (Å²) in [6.45, 7) is 0. The average molecular weight is 260 g/mol. The van der Waals surface area contributed by atoms with Crippen LogP contribution in [0.4, 0.5) is 0 Å². The number of ether oxygens (including phenoxy) is 2. The second-order valence-corrected chi connectivity index (χ2v) is 3.65. The van der Waals surface area contributed by atoms with Crippen LogP contribution in [-0.2, 0) is 4.74 Å². The van der Waals surface area contributed by atoms with Crippen molar-refractivity contribution in [2.24, 2.45) is 0 Å². The summed E-state index contributed by atoms with van der Waals surface area (Å²) in [5, 5.41) is 3.97. The molecule has 0 amide bonds. The zero-order valence-electron chi connectivity index (χ0n) is 10.5. The predicted octanol–water partition coefficient (Wildman–Crippen LogP) is 1.03. The molecule has 98 valence electrons. The highest BCUT2D eigenvalue weighted by molar-refractivity contribution is 5.87. The molecule has 1 aromatic heterocycles. The Morgan fingerprint density at radius 2 is 1.89 bits per heavy atom. The zero-order chi connectivity index (χ0) is 13.8. The third kappa shape index (κ3) is 2.47. The van der Waals surface area contributed by atoms with Gasteiger partial charge in [0.2, 0.25) is 5.69 Å². The predicted molar refractivity (Wildman–Crippen MR) is 67.7 cm³/mol. The molecule has 0 atom stereocenters. The minimum atomic E-state index is -0.798. The largest absolute Gasteiger partial charge is 0.491 e.